The zero-order chi connectivity index (χ0) is 16.9. The van der Waals surface area contributed by atoms with Gasteiger partial charge in [0.05, 0.1) is 16.9 Å². The molecule has 8 heteroatoms. The number of H-pyrrole nitrogens is 1. The van der Waals surface area contributed by atoms with E-state index in [0.717, 1.165) is 5.56 Å². The summed E-state index contributed by atoms with van der Waals surface area (Å²) in [6, 6.07) is 10.2. The molecule has 0 spiro atoms. The molecule has 2 heterocycles. The Morgan fingerprint density at radius 2 is 1.96 bits per heavy atom. The van der Waals surface area contributed by atoms with E-state index in [-0.39, 0.29) is 5.69 Å². The van der Waals surface area contributed by atoms with E-state index >= 15 is 0 Å². The lowest BCUT2D eigenvalue weighted by Gasteiger charge is -2.00. The van der Waals surface area contributed by atoms with Crippen molar-refractivity contribution in [3.63, 3.8) is 0 Å². The second-order valence-electron chi connectivity index (χ2n) is 4.77. The van der Waals surface area contributed by atoms with Gasteiger partial charge in [0, 0.05) is 23.0 Å². The van der Waals surface area contributed by atoms with Crippen molar-refractivity contribution in [2.24, 2.45) is 5.10 Å². The Morgan fingerprint density at radius 3 is 2.71 bits per heavy atom. The van der Waals surface area contributed by atoms with Crippen LogP contribution in [0.2, 0.25) is 10.0 Å². The number of pyridine rings is 1. The van der Waals surface area contributed by atoms with Crippen LogP contribution >= 0.6 is 23.2 Å². The minimum Gasteiger partial charge on any atom is -0.272 e. The number of carbonyl (C=O) groups is 1. The number of hydrazone groups is 1. The number of hydrogen-bond donors (Lipinski definition) is 2. The van der Waals surface area contributed by atoms with Crippen molar-refractivity contribution in [1.82, 2.24) is 20.6 Å². The zero-order valence-electron chi connectivity index (χ0n) is 12.2. The summed E-state index contributed by atoms with van der Waals surface area (Å²) in [4.78, 5) is 16.0. The third-order valence-electron chi connectivity index (χ3n) is 3.12. The maximum absolute atomic E-state index is 12.1. The first-order valence-corrected chi connectivity index (χ1v) is 7.63. The Labute approximate surface area is 147 Å². The maximum Gasteiger partial charge on any atom is 0.289 e. The average molecular weight is 360 g/mol. The van der Waals surface area contributed by atoms with Gasteiger partial charge in [-0.25, -0.2) is 5.43 Å². The molecule has 1 amide bonds. The minimum absolute atomic E-state index is 0.267. The van der Waals surface area contributed by atoms with E-state index in [1.54, 1.807) is 48.8 Å². The molecule has 0 saturated heterocycles. The fourth-order valence-electron chi connectivity index (χ4n) is 1.95. The maximum atomic E-state index is 12.1. The molecular formula is C16H11Cl2N5O. The van der Waals surface area contributed by atoms with Gasteiger partial charge >= 0.3 is 0 Å². The summed E-state index contributed by atoms with van der Waals surface area (Å²) >= 11 is 12.0. The lowest BCUT2D eigenvalue weighted by molar-refractivity contribution is 0.0950. The quantitative estimate of drug-likeness (QED) is 0.551. The van der Waals surface area contributed by atoms with Crippen LogP contribution < -0.4 is 5.43 Å². The minimum atomic E-state index is -0.413. The number of aromatic amines is 1. The van der Waals surface area contributed by atoms with E-state index in [9.17, 15) is 4.79 Å². The van der Waals surface area contributed by atoms with Gasteiger partial charge in [0.1, 0.15) is 5.69 Å². The first-order valence-electron chi connectivity index (χ1n) is 6.88. The van der Waals surface area contributed by atoms with Crippen LogP contribution in [0.4, 0.5) is 0 Å². The molecule has 3 rings (SSSR count). The Kier molecular flexibility index (Phi) is 4.88. The molecule has 0 unspecified atom stereocenters. The summed E-state index contributed by atoms with van der Waals surface area (Å²) in [5.74, 6) is -0.413. The van der Waals surface area contributed by atoms with Crippen molar-refractivity contribution in [2.45, 2.75) is 0 Å². The Bertz CT molecular complexity index is 892. The smallest absolute Gasteiger partial charge is 0.272 e. The number of aromatic nitrogens is 3. The first kappa shape index (κ1) is 16.2. The SMILES string of the molecule is O=C(N/N=C/c1ccncc1)c1cc(-c2ccc(Cl)cc2Cl)n[nH]1. The van der Waals surface area contributed by atoms with Gasteiger partial charge in [-0.3, -0.25) is 14.9 Å². The summed E-state index contributed by atoms with van der Waals surface area (Å²) in [5.41, 5.74) is 4.73. The van der Waals surface area contributed by atoms with E-state index in [1.165, 1.54) is 6.21 Å². The third-order valence-corrected chi connectivity index (χ3v) is 3.66. The topological polar surface area (TPSA) is 83.0 Å². The molecule has 0 saturated carbocycles. The van der Waals surface area contributed by atoms with Gasteiger partial charge in [0.2, 0.25) is 0 Å². The van der Waals surface area contributed by atoms with Crippen molar-refractivity contribution in [3.05, 3.63) is 70.1 Å². The van der Waals surface area contributed by atoms with Crippen molar-refractivity contribution in [3.8, 4) is 11.3 Å². The molecule has 0 fully saturated rings. The number of halogens is 2. The van der Waals surface area contributed by atoms with Gasteiger partial charge < -0.3 is 0 Å². The molecule has 0 aliphatic heterocycles. The zero-order valence-corrected chi connectivity index (χ0v) is 13.7. The predicted octanol–water partition coefficient (Wildman–Crippen LogP) is 3.54. The Hall–Kier alpha value is -2.70. The Morgan fingerprint density at radius 1 is 1.17 bits per heavy atom. The number of nitrogens with one attached hydrogen (secondary N) is 2. The van der Waals surface area contributed by atoms with Gasteiger partial charge in [0.15, 0.2) is 0 Å². The van der Waals surface area contributed by atoms with E-state index in [4.69, 9.17) is 23.2 Å². The summed E-state index contributed by atoms with van der Waals surface area (Å²) in [6.07, 6.45) is 4.80. The first-order chi connectivity index (χ1) is 11.6. The third kappa shape index (κ3) is 3.79. The van der Waals surface area contributed by atoms with Gasteiger partial charge in [0.25, 0.3) is 5.91 Å². The summed E-state index contributed by atoms with van der Waals surface area (Å²) in [7, 11) is 0. The van der Waals surface area contributed by atoms with Crippen molar-refractivity contribution in [1.29, 1.82) is 0 Å². The highest BCUT2D eigenvalue weighted by atomic mass is 35.5. The van der Waals surface area contributed by atoms with Gasteiger partial charge in [-0.2, -0.15) is 10.2 Å². The predicted molar refractivity (Wildman–Crippen MR) is 93.3 cm³/mol. The van der Waals surface area contributed by atoms with Crippen LogP contribution in [0.3, 0.4) is 0 Å². The monoisotopic (exact) mass is 359 g/mol. The second-order valence-corrected chi connectivity index (χ2v) is 5.61. The molecule has 2 aromatic heterocycles. The highest BCUT2D eigenvalue weighted by Gasteiger charge is 2.12. The van der Waals surface area contributed by atoms with Gasteiger partial charge in [-0.15, -0.1) is 0 Å². The van der Waals surface area contributed by atoms with Crippen LogP contribution in [0.5, 0.6) is 0 Å². The van der Waals surface area contributed by atoms with Crippen LogP contribution in [0.15, 0.2) is 53.9 Å². The number of hydrogen-bond acceptors (Lipinski definition) is 4. The number of amides is 1. The van der Waals surface area contributed by atoms with E-state index < -0.39 is 5.91 Å². The fourth-order valence-corrected chi connectivity index (χ4v) is 2.45. The van der Waals surface area contributed by atoms with Gasteiger partial charge in [-0.1, -0.05) is 23.2 Å². The molecule has 1 aromatic carbocycles. The van der Waals surface area contributed by atoms with Crippen LogP contribution in [-0.4, -0.2) is 27.3 Å². The van der Waals surface area contributed by atoms with Gasteiger partial charge in [-0.05, 0) is 42.0 Å². The van der Waals surface area contributed by atoms with Crippen LogP contribution in [0, 0.1) is 0 Å². The van der Waals surface area contributed by atoms with Crippen molar-refractivity contribution >= 4 is 35.3 Å². The molecule has 0 bridgehead atoms. The molecule has 0 radical (unpaired) electrons. The van der Waals surface area contributed by atoms with Crippen LogP contribution in [-0.2, 0) is 0 Å². The molecule has 2 N–H and O–H groups in total. The second kappa shape index (κ2) is 7.25. The molecule has 3 aromatic rings. The normalized spacial score (nSPS) is 10.9. The van der Waals surface area contributed by atoms with E-state index in [1.807, 2.05) is 0 Å². The number of benzene rings is 1. The lowest BCUT2D eigenvalue weighted by atomic mass is 10.1. The molecule has 0 aliphatic rings. The van der Waals surface area contributed by atoms with E-state index in [0.29, 0.717) is 21.3 Å². The van der Waals surface area contributed by atoms with Crippen LogP contribution in [0.25, 0.3) is 11.3 Å². The molecular weight excluding hydrogens is 349 g/mol. The molecule has 120 valence electrons. The molecule has 0 aliphatic carbocycles. The number of rotatable bonds is 4. The molecule has 24 heavy (non-hydrogen) atoms. The lowest BCUT2D eigenvalue weighted by Crippen LogP contribution is -2.17. The summed E-state index contributed by atoms with van der Waals surface area (Å²) < 4.78 is 0. The molecule has 0 atom stereocenters. The largest absolute Gasteiger partial charge is 0.289 e. The van der Waals surface area contributed by atoms with Crippen molar-refractivity contribution < 1.29 is 4.79 Å². The highest BCUT2D eigenvalue weighted by Crippen LogP contribution is 2.29. The van der Waals surface area contributed by atoms with Crippen molar-refractivity contribution in [2.75, 3.05) is 0 Å². The van der Waals surface area contributed by atoms with Crippen LogP contribution in [0.1, 0.15) is 16.1 Å². The average Bonchev–Trinajstić information content (AvgIpc) is 3.05. The van der Waals surface area contributed by atoms with E-state index in [2.05, 4.69) is 25.7 Å². The fraction of sp³-hybridized carbons (Fsp3) is 0. The standard InChI is InChI=1S/C16H11Cl2N5O/c17-11-1-2-12(13(18)7-11)14-8-15(22-21-14)16(24)23-20-9-10-3-5-19-6-4-10/h1-9H,(H,21,22)(H,23,24)/b20-9+. The Balaban J connectivity index is 1.71. The number of nitrogens with zero attached hydrogens (tertiary/aromatic N) is 3. The summed E-state index contributed by atoms with van der Waals surface area (Å²) in [5, 5.41) is 11.6. The molecule has 6 nitrogen and oxygen atoms in total. The summed E-state index contributed by atoms with van der Waals surface area (Å²) in [6.45, 7) is 0. The highest BCUT2D eigenvalue weighted by molar-refractivity contribution is 6.36. The number of carbonyl (C=O) groups excluding carboxylic acids is 1.